The van der Waals surface area contributed by atoms with E-state index in [1.54, 1.807) is 0 Å². The van der Waals surface area contributed by atoms with Gasteiger partial charge in [0.1, 0.15) is 6.61 Å². The van der Waals surface area contributed by atoms with Gasteiger partial charge in [0.25, 0.3) is 0 Å². The maximum absolute atomic E-state index is 6.34. The van der Waals surface area contributed by atoms with Crippen molar-refractivity contribution in [1.29, 1.82) is 0 Å². The van der Waals surface area contributed by atoms with Crippen molar-refractivity contribution in [2.24, 2.45) is 16.3 Å². The van der Waals surface area contributed by atoms with Gasteiger partial charge in [-0.3, -0.25) is 0 Å². The van der Waals surface area contributed by atoms with E-state index in [0.717, 1.165) is 35.2 Å². The van der Waals surface area contributed by atoms with Gasteiger partial charge in [0.05, 0.1) is 6.04 Å². The molecule has 30 heavy (non-hydrogen) atoms. The minimum Gasteiger partial charge on any atom is -0.478 e. The second-order valence-electron chi connectivity index (χ2n) is 8.90. The molecule has 4 heteroatoms. The van der Waals surface area contributed by atoms with E-state index in [-0.39, 0.29) is 17.4 Å². The van der Waals surface area contributed by atoms with E-state index < -0.39 is 0 Å². The molecular weight excluding hydrogens is 413 g/mol. The Morgan fingerprint density at radius 3 is 2.50 bits per heavy atom. The van der Waals surface area contributed by atoms with Crippen LogP contribution in [-0.2, 0) is 11.2 Å². The highest BCUT2D eigenvalue weighted by molar-refractivity contribution is 6.30. The fourth-order valence-corrected chi connectivity index (χ4v) is 4.48. The summed E-state index contributed by atoms with van der Waals surface area (Å²) in [7, 11) is 0. The van der Waals surface area contributed by atoms with Gasteiger partial charge < -0.3 is 4.74 Å². The first-order chi connectivity index (χ1) is 14.3. The third-order valence-electron chi connectivity index (χ3n) is 5.97. The van der Waals surface area contributed by atoms with Crippen molar-refractivity contribution in [2.75, 3.05) is 6.61 Å². The van der Waals surface area contributed by atoms with Crippen molar-refractivity contribution in [3.05, 3.63) is 82.4 Å². The molecule has 1 heterocycles. The van der Waals surface area contributed by atoms with E-state index in [0.29, 0.717) is 12.5 Å². The zero-order valence-electron chi connectivity index (χ0n) is 18.1. The van der Waals surface area contributed by atoms with Crippen molar-refractivity contribution in [1.82, 2.24) is 0 Å². The van der Waals surface area contributed by atoms with Crippen LogP contribution in [0.3, 0.4) is 0 Å². The fraction of sp³-hybridized carbons (Fsp3) is 0.423. The summed E-state index contributed by atoms with van der Waals surface area (Å²) in [6.07, 6.45) is 4.58. The van der Waals surface area contributed by atoms with Crippen LogP contribution in [0.2, 0.25) is 10.0 Å². The molecule has 0 aliphatic carbocycles. The molecular formula is C26H31Cl2NO. The van der Waals surface area contributed by atoms with Gasteiger partial charge in [0.15, 0.2) is 5.90 Å². The molecule has 2 nitrogen and oxygen atoms in total. The first-order valence-electron chi connectivity index (χ1n) is 10.6. The molecule has 0 saturated carbocycles. The number of allylic oxidation sites excluding steroid dienone is 1. The lowest BCUT2D eigenvalue weighted by molar-refractivity contribution is 0.242. The molecule has 1 aliphatic rings. The third-order valence-corrected chi connectivity index (χ3v) is 6.45. The average molecular weight is 444 g/mol. The molecule has 0 N–H and O–H groups in total. The van der Waals surface area contributed by atoms with Crippen LogP contribution in [0.1, 0.15) is 50.7 Å². The molecule has 3 rings (SSSR count). The maximum Gasteiger partial charge on any atom is 0.190 e. The minimum atomic E-state index is -0.217. The topological polar surface area (TPSA) is 21.6 Å². The Labute approximate surface area is 191 Å². The predicted molar refractivity (Wildman–Crippen MR) is 129 cm³/mol. The highest BCUT2D eigenvalue weighted by Crippen LogP contribution is 2.41. The summed E-state index contributed by atoms with van der Waals surface area (Å²) < 4.78 is 6.13. The Hall–Kier alpha value is -1.77. The zero-order valence-corrected chi connectivity index (χ0v) is 19.6. The largest absolute Gasteiger partial charge is 0.478 e. The zero-order chi connectivity index (χ0) is 21.7. The van der Waals surface area contributed by atoms with Crippen LogP contribution in [0.25, 0.3) is 0 Å². The lowest BCUT2D eigenvalue weighted by atomic mass is 9.74. The average Bonchev–Trinajstić information content (AvgIpc) is 3.21. The van der Waals surface area contributed by atoms with Crippen molar-refractivity contribution < 1.29 is 4.74 Å². The number of hydrogen-bond acceptors (Lipinski definition) is 2. The molecule has 0 aromatic heterocycles. The van der Waals surface area contributed by atoms with Crippen LogP contribution >= 0.6 is 23.2 Å². The van der Waals surface area contributed by atoms with Crippen molar-refractivity contribution in [3.63, 3.8) is 0 Å². The van der Waals surface area contributed by atoms with Crippen molar-refractivity contribution in [3.8, 4) is 0 Å². The number of benzene rings is 2. The van der Waals surface area contributed by atoms with Gasteiger partial charge in [0.2, 0.25) is 0 Å². The van der Waals surface area contributed by atoms with E-state index in [2.05, 4.69) is 51.6 Å². The van der Waals surface area contributed by atoms with Crippen LogP contribution in [0.15, 0.2) is 66.2 Å². The highest BCUT2D eigenvalue weighted by atomic mass is 35.5. The van der Waals surface area contributed by atoms with Crippen molar-refractivity contribution >= 4 is 29.1 Å². The molecule has 0 bridgehead atoms. The number of ether oxygens (including phenoxy) is 1. The van der Waals surface area contributed by atoms with Crippen molar-refractivity contribution in [2.45, 2.75) is 52.0 Å². The Balaban J connectivity index is 1.93. The minimum absolute atomic E-state index is 0.217. The summed E-state index contributed by atoms with van der Waals surface area (Å²) in [5, 5.41) is 1.51. The molecule has 160 valence electrons. The normalized spacial score (nSPS) is 19.1. The van der Waals surface area contributed by atoms with Crippen LogP contribution in [0.4, 0.5) is 0 Å². The molecule has 2 aromatic carbocycles. The SMILES string of the molecule is C=CC[C@@](C)(C[C@@H](Cc1ccc(Cl)cc1)c1cccc(Cl)c1)C1=NC(C(C)C)CO1. The number of aliphatic imine (C=N–C) groups is 1. The molecule has 0 saturated heterocycles. The second kappa shape index (κ2) is 10.0. The standard InChI is InChI=1S/C26H31Cl2NO/c1-5-13-26(4,25-29-24(17-30-25)18(2)3)16-21(20-7-6-8-23(28)15-20)14-19-9-11-22(27)12-10-19/h5-12,15,18,21,24H,1,13-14,16-17H2,2-4H3/t21-,24?,26+/m1/s1. The predicted octanol–water partition coefficient (Wildman–Crippen LogP) is 7.75. The monoisotopic (exact) mass is 443 g/mol. The second-order valence-corrected chi connectivity index (χ2v) is 9.77. The highest BCUT2D eigenvalue weighted by Gasteiger charge is 2.38. The molecule has 0 amide bonds. The first-order valence-corrected chi connectivity index (χ1v) is 11.4. The van der Waals surface area contributed by atoms with E-state index in [9.17, 15) is 0 Å². The summed E-state index contributed by atoms with van der Waals surface area (Å²) >= 11 is 12.4. The molecule has 0 radical (unpaired) electrons. The van der Waals surface area contributed by atoms with Gasteiger partial charge in [-0.2, -0.15) is 0 Å². The van der Waals surface area contributed by atoms with Gasteiger partial charge in [-0.25, -0.2) is 4.99 Å². The Bertz CT molecular complexity index is 890. The molecule has 3 atom stereocenters. The number of halogens is 2. The van der Waals surface area contributed by atoms with E-state index in [1.807, 2.05) is 30.3 Å². The summed E-state index contributed by atoms with van der Waals surface area (Å²) in [4.78, 5) is 4.96. The summed E-state index contributed by atoms with van der Waals surface area (Å²) in [6, 6.07) is 16.5. The van der Waals surface area contributed by atoms with Crippen LogP contribution in [0.5, 0.6) is 0 Å². The molecule has 2 aromatic rings. The van der Waals surface area contributed by atoms with Gasteiger partial charge in [-0.1, -0.05) is 74.3 Å². The fourth-order valence-electron chi connectivity index (χ4n) is 4.15. The van der Waals surface area contributed by atoms with Gasteiger partial charge in [-0.15, -0.1) is 6.58 Å². The van der Waals surface area contributed by atoms with Gasteiger partial charge in [-0.05, 0) is 66.5 Å². The Kier molecular flexibility index (Phi) is 7.65. The van der Waals surface area contributed by atoms with Gasteiger partial charge >= 0.3 is 0 Å². The van der Waals surface area contributed by atoms with E-state index in [4.69, 9.17) is 32.9 Å². The van der Waals surface area contributed by atoms with Crippen LogP contribution in [0, 0.1) is 11.3 Å². The Morgan fingerprint density at radius 2 is 1.90 bits per heavy atom. The lowest BCUT2D eigenvalue weighted by Gasteiger charge is -2.32. The Morgan fingerprint density at radius 1 is 1.17 bits per heavy atom. The molecule has 1 unspecified atom stereocenters. The van der Waals surface area contributed by atoms with Gasteiger partial charge in [0, 0.05) is 15.5 Å². The lowest BCUT2D eigenvalue weighted by Crippen LogP contribution is -2.30. The summed E-state index contributed by atoms with van der Waals surface area (Å²) in [5.41, 5.74) is 2.26. The number of rotatable bonds is 9. The summed E-state index contributed by atoms with van der Waals surface area (Å²) in [5.74, 6) is 1.59. The van der Waals surface area contributed by atoms with Crippen LogP contribution < -0.4 is 0 Å². The maximum atomic E-state index is 6.34. The first kappa shape index (κ1) is 22.9. The van der Waals surface area contributed by atoms with Crippen LogP contribution in [-0.4, -0.2) is 18.5 Å². The smallest absolute Gasteiger partial charge is 0.190 e. The summed E-state index contributed by atoms with van der Waals surface area (Å²) in [6.45, 7) is 11.3. The van der Waals surface area contributed by atoms with E-state index in [1.165, 1.54) is 11.1 Å². The molecule has 0 spiro atoms. The quantitative estimate of drug-likeness (QED) is 0.363. The number of nitrogens with zero attached hydrogens (tertiary/aromatic N) is 1. The molecule has 1 aliphatic heterocycles. The third kappa shape index (κ3) is 5.68. The van der Waals surface area contributed by atoms with E-state index >= 15 is 0 Å². The molecule has 0 fully saturated rings. The number of hydrogen-bond donors (Lipinski definition) is 0.